The van der Waals surface area contributed by atoms with Crippen LogP contribution in [0.4, 0.5) is 5.69 Å². The molecule has 4 rings (SSSR count). The number of amides is 1. The number of nitrogens with one attached hydrogen (secondary N) is 1. The van der Waals surface area contributed by atoms with E-state index in [2.05, 4.69) is 10.3 Å². The predicted molar refractivity (Wildman–Crippen MR) is 107 cm³/mol. The maximum absolute atomic E-state index is 12.4. The molecule has 0 saturated carbocycles. The third-order valence-electron chi connectivity index (χ3n) is 4.23. The van der Waals surface area contributed by atoms with Crippen LogP contribution in [-0.4, -0.2) is 25.6 Å². The summed E-state index contributed by atoms with van der Waals surface area (Å²) in [5.41, 5.74) is 3.28. The fourth-order valence-corrected chi connectivity index (χ4v) is 3.38. The highest BCUT2D eigenvalue weighted by molar-refractivity contribution is 7.90. The highest BCUT2D eigenvalue weighted by atomic mass is 32.2. The first-order valence-electron chi connectivity index (χ1n) is 8.48. The van der Waals surface area contributed by atoms with Crippen LogP contribution in [0.15, 0.2) is 82.1 Å². The van der Waals surface area contributed by atoms with Crippen molar-refractivity contribution in [3.63, 3.8) is 0 Å². The molecule has 1 aromatic heterocycles. The lowest BCUT2D eigenvalue weighted by Crippen LogP contribution is -2.12. The van der Waals surface area contributed by atoms with E-state index in [1.165, 1.54) is 24.3 Å². The van der Waals surface area contributed by atoms with Crippen molar-refractivity contribution in [1.82, 2.24) is 4.98 Å². The Morgan fingerprint density at radius 3 is 2.25 bits per heavy atom. The van der Waals surface area contributed by atoms with E-state index in [4.69, 9.17) is 4.42 Å². The highest BCUT2D eigenvalue weighted by Crippen LogP contribution is 2.25. The molecule has 0 aliphatic carbocycles. The number of hydrogen-bond acceptors (Lipinski definition) is 5. The van der Waals surface area contributed by atoms with Crippen LogP contribution in [0.1, 0.15) is 10.4 Å². The molecule has 0 fully saturated rings. The molecular formula is C21H16N2O4S. The van der Waals surface area contributed by atoms with Gasteiger partial charge in [-0.25, -0.2) is 13.4 Å². The van der Waals surface area contributed by atoms with Crippen LogP contribution in [0.2, 0.25) is 0 Å². The van der Waals surface area contributed by atoms with Crippen molar-refractivity contribution in [2.24, 2.45) is 0 Å². The minimum absolute atomic E-state index is 0.173. The first-order chi connectivity index (χ1) is 13.4. The predicted octanol–water partition coefficient (Wildman–Crippen LogP) is 4.15. The Morgan fingerprint density at radius 1 is 0.929 bits per heavy atom. The number of fused-ring (bicyclic) bond motifs is 1. The van der Waals surface area contributed by atoms with Gasteiger partial charge in [0.25, 0.3) is 5.91 Å². The summed E-state index contributed by atoms with van der Waals surface area (Å²) in [6.45, 7) is 0. The van der Waals surface area contributed by atoms with Crippen molar-refractivity contribution in [3.8, 4) is 11.5 Å². The molecule has 0 unspecified atom stereocenters. The SMILES string of the molecule is CS(=O)(=O)c1ccc(C(=O)Nc2ccc(-c3nc4ccccc4o3)cc2)cc1. The number of para-hydroxylation sites is 2. The van der Waals surface area contributed by atoms with Crippen molar-refractivity contribution < 1.29 is 17.6 Å². The van der Waals surface area contributed by atoms with Gasteiger partial charge in [-0.05, 0) is 60.7 Å². The molecular weight excluding hydrogens is 376 g/mol. The zero-order valence-corrected chi connectivity index (χ0v) is 15.7. The quantitative estimate of drug-likeness (QED) is 0.563. The first kappa shape index (κ1) is 17.9. The Labute approximate surface area is 161 Å². The summed E-state index contributed by atoms with van der Waals surface area (Å²) in [4.78, 5) is 17.0. The van der Waals surface area contributed by atoms with Gasteiger partial charge in [-0.15, -0.1) is 0 Å². The van der Waals surface area contributed by atoms with E-state index >= 15 is 0 Å². The molecule has 140 valence electrons. The Hall–Kier alpha value is -3.45. The number of hydrogen-bond donors (Lipinski definition) is 1. The van der Waals surface area contributed by atoms with Crippen molar-refractivity contribution in [3.05, 3.63) is 78.4 Å². The molecule has 0 aliphatic heterocycles. The lowest BCUT2D eigenvalue weighted by atomic mass is 10.2. The Kier molecular flexibility index (Phi) is 4.44. The summed E-state index contributed by atoms with van der Waals surface area (Å²) in [5.74, 6) is 0.185. The number of anilines is 1. The lowest BCUT2D eigenvalue weighted by molar-refractivity contribution is 0.102. The molecule has 0 radical (unpaired) electrons. The summed E-state index contributed by atoms with van der Waals surface area (Å²) in [7, 11) is -3.29. The fourth-order valence-electron chi connectivity index (χ4n) is 2.75. The van der Waals surface area contributed by atoms with E-state index in [1.54, 1.807) is 12.1 Å². The zero-order chi connectivity index (χ0) is 19.7. The van der Waals surface area contributed by atoms with Crippen LogP contribution in [0.3, 0.4) is 0 Å². The van der Waals surface area contributed by atoms with Gasteiger partial charge in [0.1, 0.15) is 5.52 Å². The molecule has 0 bridgehead atoms. The van der Waals surface area contributed by atoms with Gasteiger partial charge < -0.3 is 9.73 Å². The second kappa shape index (κ2) is 6.94. The molecule has 6 nitrogen and oxygen atoms in total. The zero-order valence-electron chi connectivity index (χ0n) is 14.9. The van der Waals surface area contributed by atoms with Crippen molar-refractivity contribution in [2.45, 2.75) is 4.90 Å². The highest BCUT2D eigenvalue weighted by Gasteiger charge is 2.11. The van der Waals surface area contributed by atoms with Gasteiger partial charge in [0, 0.05) is 23.1 Å². The lowest BCUT2D eigenvalue weighted by Gasteiger charge is -2.06. The van der Waals surface area contributed by atoms with E-state index in [1.807, 2.05) is 36.4 Å². The molecule has 4 aromatic rings. The standard InChI is InChI=1S/C21H16N2O4S/c1-28(25,26)17-12-8-14(9-13-17)20(24)22-16-10-6-15(7-11-16)21-23-18-4-2-3-5-19(18)27-21/h2-13H,1H3,(H,22,24). The summed E-state index contributed by atoms with van der Waals surface area (Å²) >= 11 is 0. The molecule has 1 N–H and O–H groups in total. The van der Waals surface area contributed by atoms with Gasteiger partial charge in [0.05, 0.1) is 4.90 Å². The van der Waals surface area contributed by atoms with Gasteiger partial charge >= 0.3 is 0 Å². The van der Waals surface area contributed by atoms with Crippen molar-refractivity contribution in [2.75, 3.05) is 11.6 Å². The number of oxazole rings is 1. The van der Waals surface area contributed by atoms with Crippen LogP contribution < -0.4 is 5.32 Å². The maximum Gasteiger partial charge on any atom is 0.255 e. The average Bonchev–Trinajstić information content (AvgIpc) is 3.12. The number of carbonyl (C=O) groups excluding carboxylic acids is 1. The molecule has 28 heavy (non-hydrogen) atoms. The van der Waals surface area contributed by atoms with Crippen LogP contribution >= 0.6 is 0 Å². The smallest absolute Gasteiger partial charge is 0.255 e. The number of carbonyl (C=O) groups is 1. The average molecular weight is 392 g/mol. The topological polar surface area (TPSA) is 89.3 Å². The number of rotatable bonds is 4. The third-order valence-corrected chi connectivity index (χ3v) is 5.36. The molecule has 3 aromatic carbocycles. The Morgan fingerprint density at radius 2 is 1.61 bits per heavy atom. The number of benzene rings is 3. The molecule has 1 heterocycles. The Balaban J connectivity index is 1.50. The summed E-state index contributed by atoms with van der Waals surface area (Å²) in [6, 6.07) is 20.5. The van der Waals surface area contributed by atoms with Crippen molar-refractivity contribution in [1.29, 1.82) is 0 Å². The molecule has 0 saturated heterocycles. The normalized spacial score (nSPS) is 11.5. The summed E-state index contributed by atoms with van der Waals surface area (Å²) in [5, 5.41) is 2.78. The monoisotopic (exact) mass is 392 g/mol. The minimum atomic E-state index is -3.29. The van der Waals surface area contributed by atoms with E-state index in [0.29, 0.717) is 22.7 Å². The van der Waals surface area contributed by atoms with E-state index in [9.17, 15) is 13.2 Å². The summed E-state index contributed by atoms with van der Waals surface area (Å²) in [6.07, 6.45) is 1.13. The van der Waals surface area contributed by atoms with Gasteiger partial charge in [-0.1, -0.05) is 12.1 Å². The molecule has 0 atom stereocenters. The third kappa shape index (κ3) is 3.65. The maximum atomic E-state index is 12.4. The van der Waals surface area contributed by atoms with Crippen LogP contribution in [0.25, 0.3) is 22.6 Å². The second-order valence-electron chi connectivity index (χ2n) is 6.31. The molecule has 0 aliphatic rings. The van der Waals surface area contributed by atoms with Crippen LogP contribution in [0.5, 0.6) is 0 Å². The van der Waals surface area contributed by atoms with Gasteiger partial charge in [-0.3, -0.25) is 4.79 Å². The first-order valence-corrected chi connectivity index (χ1v) is 10.4. The van der Waals surface area contributed by atoms with E-state index in [0.717, 1.165) is 17.3 Å². The van der Waals surface area contributed by atoms with Gasteiger partial charge in [0.15, 0.2) is 15.4 Å². The largest absolute Gasteiger partial charge is 0.436 e. The Bertz CT molecular complexity index is 1230. The summed E-state index contributed by atoms with van der Waals surface area (Å²) < 4.78 is 28.7. The van der Waals surface area contributed by atoms with Gasteiger partial charge in [0.2, 0.25) is 5.89 Å². The van der Waals surface area contributed by atoms with Crippen LogP contribution in [-0.2, 0) is 9.84 Å². The van der Waals surface area contributed by atoms with E-state index < -0.39 is 9.84 Å². The van der Waals surface area contributed by atoms with E-state index in [-0.39, 0.29) is 10.8 Å². The van der Waals surface area contributed by atoms with Crippen molar-refractivity contribution >= 4 is 32.5 Å². The molecule has 1 amide bonds. The molecule has 7 heteroatoms. The second-order valence-corrected chi connectivity index (χ2v) is 8.33. The number of aromatic nitrogens is 1. The number of sulfone groups is 1. The van der Waals surface area contributed by atoms with Crippen LogP contribution in [0, 0.1) is 0 Å². The van der Waals surface area contributed by atoms with Gasteiger partial charge in [-0.2, -0.15) is 0 Å². The number of nitrogens with zero attached hydrogens (tertiary/aromatic N) is 1. The minimum Gasteiger partial charge on any atom is -0.436 e. The molecule has 0 spiro atoms. The fraction of sp³-hybridized carbons (Fsp3) is 0.0476.